The Labute approximate surface area is 113 Å². The molecule has 1 heterocycles. The van der Waals surface area contributed by atoms with Crippen LogP contribution in [-0.2, 0) is 5.60 Å². The van der Waals surface area contributed by atoms with Gasteiger partial charge in [0, 0.05) is 5.56 Å². The molecule has 1 N–H and O–H groups in total. The van der Waals surface area contributed by atoms with Crippen LogP contribution in [0.2, 0.25) is 5.02 Å². The summed E-state index contributed by atoms with van der Waals surface area (Å²) >= 11 is 6.21. The highest BCUT2D eigenvalue weighted by atomic mass is 35.5. The van der Waals surface area contributed by atoms with Crippen LogP contribution in [0.3, 0.4) is 0 Å². The average Bonchev–Trinajstić information content (AvgIpc) is 2.27. The molecule has 3 nitrogen and oxygen atoms in total. The molecule has 0 saturated heterocycles. The Morgan fingerprint density at radius 2 is 1.78 bits per heavy atom. The molecule has 100 valence electrons. The van der Waals surface area contributed by atoms with Crippen molar-refractivity contribution in [1.82, 2.24) is 0 Å². The Hall–Kier alpha value is -0.930. The van der Waals surface area contributed by atoms with Crippen molar-refractivity contribution in [3.63, 3.8) is 0 Å². The molecular weight excluding hydrogens is 252 g/mol. The van der Waals surface area contributed by atoms with Gasteiger partial charge in [-0.2, -0.15) is 0 Å². The van der Waals surface area contributed by atoms with E-state index in [-0.39, 0.29) is 5.92 Å². The Morgan fingerprint density at radius 3 is 2.28 bits per heavy atom. The minimum atomic E-state index is -0.959. The van der Waals surface area contributed by atoms with Gasteiger partial charge >= 0.3 is 0 Å². The molecule has 18 heavy (non-hydrogen) atoms. The maximum atomic E-state index is 10.3. The first-order valence-corrected chi connectivity index (χ1v) is 6.55. The number of aliphatic hydroxyl groups is 1. The quantitative estimate of drug-likeness (QED) is 0.894. The third-order valence-corrected chi connectivity index (χ3v) is 3.32. The highest BCUT2D eigenvalue weighted by Crippen LogP contribution is 2.47. The Balaban J connectivity index is 2.72. The predicted molar refractivity (Wildman–Crippen MR) is 71.8 cm³/mol. The van der Waals surface area contributed by atoms with E-state index in [1.54, 1.807) is 19.9 Å². The monoisotopic (exact) mass is 270 g/mol. The number of ether oxygens (including phenoxy) is 2. The lowest BCUT2D eigenvalue weighted by Gasteiger charge is -2.30. The average molecular weight is 271 g/mol. The first-order valence-electron chi connectivity index (χ1n) is 6.17. The normalized spacial score (nSPS) is 15.1. The highest BCUT2D eigenvalue weighted by Gasteiger charge is 2.30. The fourth-order valence-electron chi connectivity index (χ4n) is 2.27. The number of benzene rings is 1. The molecule has 0 saturated carbocycles. The van der Waals surface area contributed by atoms with Gasteiger partial charge in [-0.1, -0.05) is 25.4 Å². The molecule has 0 amide bonds. The SMILES string of the molecule is CC(C)c1c(C(C)(C)O)cc(Cl)c2c1OCCO2. The van der Waals surface area contributed by atoms with Gasteiger partial charge in [-0.15, -0.1) is 0 Å². The van der Waals surface area contributed by atoms with Gasteiger partial charge in [0.2, 0.25) is 0 Å². The van der Waals surface area contributed by atoms with Crippen LogP contribution in [0, 0.1) is 0 Å². The van der Waals surface area contributed by atoms with E-state index in [0.717, 1.165) is 11.1 Å². The third-order valence-electron chi connectivity index (χ3n) is 3.04. The van der Waals surface area contributed by atoms with Crippen LogP contribution in [0.4, 0.5) is 0 Å². The maximum absolute atomic E-state index is 10.3. The van der Waals surface area contributed by atoms with Crippen LogP contribution in [0.5, 0.6) is 11.5 Å². The van der Waals surface area contributed by atoms with Crippen molar-refractivity contribution in [2.75, 3.05) is 13.2 Å². The molecule has 0 unspecified atom stereocenters. The zero-order chi connectivity index (χ0) is 13.5. The zero-order valence-corrected chi connectivity index (χ0v) is 12.0. The molecule has 4 heteroatoms. The molecule has 1 aromatic rings. The molecular formula is C14H19ClO3. The van der Waals surface area contributed by atoms with Crippen molar-refractivity contribution in [2.24, 2.45) is 0 Å². The zero-order valence-electron chi connectivity index (χ0n) is 11.2. The predicted octanol–water partition coefficient (Wildman–Crippen LogP) is 3.46. The maximum Gasteiger partial charge on any atom is 0.180 e. The summed E-state index contributed by atoms with van der Waals surface area (Å²) < 4.78 is 11.3. The summed E-state index contributed by atoms with van der Waals surface area (Å²) in [5.74, 6) is 1.50. The smallest absolute Gasteiger partial charge is 0.180 e. The van der Waals surface area contributed by atoms with Gasteiger partial charge < -0.3 is 14.6 Å². The van der Waals surface area contributed by atoms with E-state index in [9.17, 15) is 5.11 Å². The lowest BCUT2D eigenvalue weighted by Crippen LogP contribution is -2.23. The van der Waals surface area contributed by atoms with Crippen molar-refractivity contribution < 1.29 is 14.6 Å². The second-order valence-electron chi connectivity index (χ2n) is 5.39. The van der Waals surface area contributed by atoms with E-state index in [1.807, 2.05) is 0 Å². The molecule has 0 fully saturated rings. The van der Waals surface area contributed by atoms with E-state index in [1.165, 1.54) is 0 Å². The van der Waals surface area contributed by atoms with Gasteiger partial charge in [0.05, 0.1) is 10.6 Å². The van der Waals surface area contributed by atoms with Crippen LogP contribution < -0.4 is 9.47 Å². The standard InChI is InChI=1S/C14H19ClO3/c1-8(2)11-9(14(3,4)16)7-10(15)12-13(11)18-6-5-17-12/h7-8,16H,5-6H2,1-4H3. The summed E-state index contributed by atoms with van der Waals surface area (Å²) in [5, 5.41) is 10.8. The molecule has 0 atom stereocenters. The lowest BCUT2D eigenvalue weighted by molar-refractivity contribution is 0.0761. The summed E-state index contributed by atoms with van der Waals surface area (Å²) in [4.78, 5) is 0. The van der Waals surface area contributed by atoms with E-state index in [4.69, 9.17) is 21.1 Å². The summed E-state index contributed by atoms with van der Waals surface area (Å²) in [6.45, 7) is 8.65. The second kappa shape index (κ2) is 4.63. The largest absolute Gasteiger partial charge is 0.486 e. The number of rotatable bonds is 2. The summed E-state index contributed by atoms with van der Waals surface area (Å²) in [6.07, 6.45) is 0. The molecule has 0 spiro atoms. The van der Waals surface area contributed by atoms with E-state index in [2.05, 4.69) is 13.8 Å². The van der Waals surface area contributed by atoms with Gasteiger partial charge in [0.15, 0.2) is 11.5 Å². The first kappa shape index (κ1) is 13.5. The number of hydrogen-bond donors (Lipinski definition) is 1. The molecule has 0 aromatic heterocycles. The Bertz CT molecular complexity index is 461. The molecule has 2 rings (SSSR count). The van der Waals surface area contributed by atoms with Crippen LogP contribution in [0.1, 0.15) is 44.7 Å². The van der Waals surface area contributed by atoms with Crippen molar-refractivity contribution in [3.05, 3.63) is 22.2 Å². The Morgan fingerprint density at radius 1 is 1.22 bits per heavy atom. The van der Waals surface area contributed by atoms with Gasteiger partial charge in [0.1, 0.15) is 13.2 Å². The lowest BCUT2D eigenvalue weighted by atomic mass is 9.86. The van der Waals surface area contributed by atoms with Crippen molar-refractivity contribution in [3.8, 4) is 11.5 Å². The van der Waals surface area contributed by atoms with Crippen molar-refractivity contribution in [1.29, 1.82) is 0 Å². The van der Waals surface area contributed by atoms with Crippen LogP contribution in [0.25, 0.3) is 0 Å². The highest BCUT2D eigenvalue weighted by molar-refractivity contribution is 6.32. The van der Waals surface area contributed by atoms with E-state index >= 15 is 0 Å². The fourth-order valence-corrected chi connectivity index (χ4v) is 2.52. The molecule has 0 aliphatic carbocycles. The number of hydrogen-bond acceptors (Lipinski definition) is 3. The fraction of sp³-hybridized carbons (Fsp3) is 0.571. The topological polar surface area (TPSA) is 38.7 Å². The third kappa shape index (κ3) is 2.29. The molecule has 0 bridgehead atoms. The van der Waals surface area contributed by atoms with Crippen LogP contribution in [-0.4, -0.2) is 18.3 Å². The summed E-state index contributed by atoms with van der Waals surface area (Å²) in [7, 11) is 0. The molecule has 1 aliphatic rings. The minimum Gasteiger partial charge on any atom is -0.486 e. The van der Waals surface area contributed by atoms with Gasteiger partial charge in [-0.05, 0) is 31.4 Å². The van der Waals surface area contributed by atoms with Crippen LogP contribution in [0.15, 0.2) is 6.07 Å². The summed E-state index contributed by atoms with van der Waals surface area (Å²) in [5.41, 5.74) is 0.812. The molecule has 1 aromatic carbocycles. The first-order chi connectivity index (χ1) is 8.32. The van der Waals surface area contributed by atoms with Gasteiger partial charge in [0.25, 0.3) is 0 Å². The minimum absolute atomic E-state index is 0.221. The van der Waals surface area contributed by atoms with E-state index < -0.39 is 5.60 Å². The van der Waals surface area contributed by atoms with Gasteiger partial charge in [-0.3, -0.25) is 0 Å². The van der Waals surface area contributed by atoms with Gasteiger partial charge in [-0.25, -0.2) is 0 Å². The van der Waals surface area contributed by atoms with Crippen molar-refractivity contribution in [2.45, 2.75) is 39.2 Å². The molecule has 0 radical (unpaired) electrons. The van der Waals surface area contributed by atoms with Crippen molar-refractivity contribution >= 4 is 11.6 Å². The Kier molecular flexibility index (Phi) is 3.47. The van der Waals surface area contributed by atoms with Crippen LogP contribution >= 0.6 is 11.6 Å². The second-order valence-corrected chi connectivity index (χ2v) is 5.80. The molecule has 1 aliphatic heterocycles. The number of halogens is 1. The van der Waals surface area contributed by atoms with E-state index in [0.29, 0.717) is 29.7 Å². The summed E-state index contributed by atoms with van der Waals surface area (Å²) in [6, 6.07) is 1.78. The number of fused-ring (bicyclic) bond motifs is 1.